The Hall–Kier alpha value is -3.08. The number of para-hydroxylation sites is 1. The molecule has 3 aromatic rings. The highest BCUT2D eigenvalue weighted by atomic mass is 16.2. The maximum atomic E-state index is 13.6. The Labute approximate surface area is 158 Å². The number of aromatic amines is 1. The Morgan fingerprint density at radius 1 is 1.04 bits per heavy atom. The van der Waals surface area contributed by atoms with Gasteiger partial charge in [0.2, 0.25) is 0 Å². The first kappa shape index (κ1) is 16.1. The van der Waals surface area contributed by atoms with Crippen molar-refractivity contribution >= 4 is 17.3 Å². The number of carbonyl (C=O) groups is 1. The number of anilines is 2. The fourth-order valence-corrected chi connectivity index (χ4v) is 4.66. The number of fused-ring (bicyclic) bond motifs is 1. The lowest BCUT2D eigenvalue weighted by atomic mass is 9.70. The van der Waals surface area contributed by atoms with Gasteiger partial charge in [0.1, 0.15) is 5.54 Å². The number of amides is 1. The Balaban J connectivity index is 1.47. The fourth-order valence-electron chi connectivity index (χ4n) is 4.66. The quantitative estimate of drug-likeness (QED) is 0.729. The van der Waals surface area contributed by atoms with Gasteiger partial charge in [-0.1, -0.05) is 44.2 Å². The van der Waals surface area contributed by atoms with Crippen molar-refractivity contribution in [1.29, 1.82) is 0 Å². The molecular formula is C22H22N4O. The summed E-state index contributed by atoms with van der Waals surface area (Å²) in [5.41, 5.74) is 4.52. The molecule has 136 valence electrons. The largest absolute Gasteiger partial charge is 0.370 e. The van der Waals surface area contributed by atoms with Crippen LogP contribution in [0.3, 0.4) is 0 Å². The zero-order chi connectivity index (χ0) is 18.6. The van der Waals surface area contributed by atoms with E-state index in [-0.39, 0.29) is 11.3 Å². The summed E-state index contributed by atoms with van der Waals surface area (Å²) in [4.78, 5) is 15.5. The molecule has 1 atom stereocenters. The topological polar surface area (TPSA) is 61.0 Å². The van der Waals surface area contributed by atoms with E-state index in [4.69, 9.17) is 0 Å². The van der Waals surface area contributed by atoms with Crippen LogP contribution >= 0.6 is 0 Å². The van der Waals surface area contributed by atoms with Gasteiger partial charge in [0.25, 0.3) is 5.91 Å². The molecule has 5 nitrogen and oxygen atoms in total. The second-order valence-electron chi connectivity index (χ2n) is 7.94. The summed E-state index contributed by atoms with van der Waals surface area (Å²) in [6.45, 7) is 5.07. The molecule has 2 N–H and O–H groups in total. The monoisotopic (exact) mass is 358 g/mol. The summed E-state index contributed by atoms with van der Waals surface area (Å²) in [6, 6.07) is 16.4. The van der Waals surface area contributed by atoms with E-state index < -0.39 is 5.54 Å². The minimum Gasteiger partial charge on any atom is -0.370 e. The molecule has 2 aromatic carbocycles. The number of benzene rings is 2. The van der Waals surface area contributed by atoms with Crippen LogP contribution in [0.4, 0.5) is 11.4 Å². The van der Waals surface area contributed by atoms with Gasteiger partial charge in [-0.25, -0.2) is 0 Å². The molecule has 1 fully saturated rings. The summed E-state index contributed by atoms with van der Waals surface area (Å²) < 4.78 is 0. The zero-order valence-corrected chi connectivity index (χ0v) is 15.5. The van der Waals surface area contributed by atoms with Crippen LogP contribution in [0.5, 0.6) is 0 Å². The fraction of sp³-hybridized carbons (Fsp3) is 0.273. The number of nitrogens with one attached hydrogen (secondary N) is 2. The normalized spacial score (nSPS) is 22.9. The molecular weight excluding hydrogens is 336 g/mol. The van der Waals surface area contributed by atoms with Gasteiger partial charge in [-0.3, -0.25) is 9.89 Å². The molecule has 0 aliphatic carbocycles. The smallest absolute Gasteiger partial charge is 0.253 e. The van der Waals surface area contributed by atoms with Crippen molar-refractivity contribution in [2.75, 3.05) is 16.8 Å². The van der Waals surface area contributed by atoms with Gasteiger partial charge in [-0.05, 0) is 35.7 Å². The number of aromatic nitrogens is 2. The Bertz CT molecular complexity index is 1010. The van der Waals surface area contributed by atoms with E-state index in [1.54, 1.807) is 6.20 Å². The van der Waals surface area contributed by atoms with E-state index in [2.05, 4.69) is 41.5 Å². The predicted octanol–water partition coefficient (Wildman–Crippen LogP) is 3.96. The standard InChI is InChI=1S/C22H22N4O/c1-21(2)18-5-3-4-6-19(18)25-22(21)11-12-26(20(22)27)17-9-7-15(8-10-17)16-13-23-24-14-16/h3-10,13-14,25H,11-12H2,1-2H3,(H,23,24). The van der Waals surface area contributed by atoms with Crippen molar-refractivity contribution in [3.8, 4) is 11.1 Å². The summed E-state index contributed by atoms with van der Waals surface area (Å²) in [5.74, 6) is 0.153. The predicted molar refractivity (Wildman–Crippen MR) is 107 cm³/mol. The first-order chi connectivity index (χ1) is 13.0. The second kappa shape index (κ2) is 5.46. The van der Waals surface area contributed by atoms with Crippen molar-refractivity contribution in [3.63, 3.8) is 0 Å². The SMILES string of the molecule is CC1(C)c2ccccc2NC12CCN(c1ccc(-c3cn[nH]c3)cc1)C2=O. The average Bonchev–Trinajstić information content (AvgIpc) is 3.37. The van der Waals surface area contributed by atoms with Crippen LogP contribution in [0.1, 0.15) is 25.8 Å². The van der Waals surface area contributed by atoms with E-state index >= 15 is 0 Å². The minimum atomic E-state index is -0.583. The lowest BCUT2D eigenvalue weighted by Gasteiger charge is -2.36. The summed E-state index contributed by atoms with van der Waals surface area (Å²) in [6.07, 6.45) is 4.46. The summed E-state index contributed by atoms with van der Waals surface area (Å²) >= 11 is 0. The number of nitrogens with zero attached hydrogens (tertiary/aromatic N) is 2. The van der Waals surface area contributed by atoms with Gasteiger partial charge in [0.05, 0.1) is 6.20 Å². The van der Waals surface area contributed by atoms with E-state index in [1.165, 1.54) is 5.56 Å². The van der Waals surface area contributed by atoms with Crippen LogP contribution < -0.4 is 10.2 Å². The number of hydrogen-bond acceptors (Lipinski definition) is 3. The highest BCUT2D eigenvalue weighted by Crippen LogP contribution is 2.52. The molecule has 1 aromatic heterocycles. The maximum Gasteiger partial charge on any atom is 0.253 e. The Morgan fingerprint density at radius 2 is 1.81 bits per heavy atom. The average molecular weight is 358 g/mol. The second-order valence-corrected chi connectivity index (χ2v) is 7.94. The molecule has 1 saturated heterocycles. The van der Waals surface area contributed by atoms with E-state index in [0.717, 1.165) is 28.9 Å². The van der Waals surface area contributed by atoms with Crippen molar-refractivity contribution in [1.82, 2.24) is 10.2 Å². The van der Waals surface area contributed by atoms with Crippen LogP contribution in [0.25, 0.3) is 11.1 Å². The lowest BCUT2D eigenvalue weighted by Crippen LogP contribution is -2.55. The number of H-pyrrole nitrogens is 1. The van der Waals surface area contributed by atoms with Crippen LogP contribution in [-0.2, 0) is 10.2 Å². The van der Waals surface area contributed by atoms with Crippen molar-refractivity contribution in [2.45, 2.75) is 31.2 Å². The highest BCUT2D eigenvalue weighted by Gasteiger charge is 2.61. The third-order valence-corrected chi connectivity index (χ3v) is 6.35. The molecule has 2 aliphatic heterocycles. The molecule has 1 unspecified atom stereocenters. The minimum absolute atomic E-state index is 0.153. The molecule has 5 rings (SSSR count). The summed E-state index contributed by atoms with van der Waals surface area (Å²) in [5, 5.41) is 10.4. The molecule has 0 bridgehead atoms. The number of hydrogen-bond donors (Lipinski definition) is 2. The molecule has 5 heteroatoms. The highest BCUT2D eigenvalue weighted by molar-refractivity contribution is 6.07. The van der Waals surface area contributed by atoms with Gasteiger partial charge in [0, 0.05) is 35.1 Å². The third kappa shape index (κ3) is 2.11. The third-order valence-electron chi connectivity index (χ3n) is 6.35. The van der Waals surface area contributed by atoms with Crippen molar-refractivity contribution in [3.05, 3.63) is 66.5 Å². The maximum absolute atomic E-state index is 13.6. The molecule has 1 spiro atoms. The zero-order valence-electron chi connectivity index (χ0n) is 15.5. The van der Waals surface area contributed by atoms with Gasteiger partial charge in [0.15, 0.2) is 0 Å². The van der Waals surface area contributed by atoms with Gasteiger partial charge >= 0.3 is 0 Å². The first-order valence-corrected chi connectivity index (χ1v) is 9.32. The van der Waals surface area contributed by atoms with Gasteiger partial charge in [-0.15, -0.1) is 0 Å². The van der Waals surface area contributed by atoms with Crippen molar-refractivity contribution < 1.29 is 4.79 Å². The van der Waals surface area contributed by atoms with Gasteiger partial charge in [-0.2, -0.15) is 5.10 Å². The molecule has 3 heterocycles. The molecule has 0 saturated carbocycles. The first-order valence-electron chi connectivity index (χ1n) is 9.32. The Kier molecular flexibility index (Phi) is 3.26. The van der Waals surface area contributed by atoms with Crippen LogP contribution in [0.2, 0.25) is 0 Å². The lowest BCUT2D eigenvalue weighted by molar-refractivity contribution is -0.122. The molecule has 1 amide bonds. The van der Waals surface area contributed by atoms with Crippen molar-refractivity contribution in [2.24, 2.45) is 0 Å². The molecule has 27 heavy (non-hydrogen) atoms. The van der Waals surface area contributed by atoms with E-state index in [9.17, 15) is 4.79 Å². The van der Waals surface area contributed by atoms with E-state index in [1.807, 2.05) is 47.5 Å². The number of carbonyl (C=O) groups excluding carboxylic acids is 1. The van der Waals surface area contributed by atoms with Crippen LogP contribution in [-0.4, -0.2) is 28.2 Å². The van der Waals surface area contributed by atoms with E-state index in [0.29, 0.717) is 6.54 Å². The van der Waals surface area contributed by atoms with Gasteiger partial charge < -0.3 is 10.2 Å². The molecule has 2 aliphatic rings. The molecule has 0 radical (unpaired) electrons. The number of rotatable bonds is 2. The van der Waals surface area contributed by atoms with Crippen LogP contribution in [0.15, 0.2) is 60.9 Å². The summed E-state index contributed by atoms with van der Waals surface area (Å²) in [7, 11) is 0. The Morgan fingerprint density at radius 3 is 2.52 bits per heavy atom. The van der Waals surface area contributed by atoms with Crippen LogP contribution in [0, 0.1) is 0 Å².